The summed E-state index contributed by atoms with van der Waals surface area (Å²) in [5.41, 5.74) is 6.06. The van der Waals surface area contributed by atoms with Crippen molar-refractivity contribution in [1.82, 2.24) is 0 Å². The van der Waals surface area contributed by atoms with Gasteiger partial charge in [0.25, 0.3) is 0 Å². The standard InChI is InChI=1S/C12H25NO3/c1-3-14-12(15-4-2)11(13)8-7-10-6-5-9-16-10/h10-12H,3-9,13H2,1-2H3. The molecule has 1 fully saturated rings. The van der Waals surface area contributed by atoms with Crippen LogP contribution in [0.4, 0.5) is 0 Å². The summed E-state index contributed by atoms with van der Waals surface area (Å²) in [6.45, 7) is 6.09. The smallest absolute Gasteiger partial charge is 0.172 e. The van der Waals surface area contributed by atoms with Gasteiger partial charge in [0.2, 0.25) is 0 Å². The van der Waals surface area contributed by atoms with Gasteiger partial charge in [-0.25, -0.2) is 0 Å². The number of ether oxygens (including phenoxy) is 3. The second kappa shape index (κ2) is 8.01. The molecule has 2 N–H and O–H groups in total. The lowest BCUT2D eigenvalue weighted by Crippen LogP contribution is -2.39. The van der Waals surface area contributed by atoms with Crippen LogP contribution in [0.3, 0.4) is 0 Å². The van der Waals surface area contributed by atoms with Crippen LogP contribution in [0.2, 0.25) is 0 Å². The Morgan fingerprint density at radius 3 is 2.50 bits per heavy atom. The predicted molar refractivity (Wildman–Crippen MR) is 63.2 cm³/mol. The van der Waals surface area contributed by atoms with Gasteiger partial charge in [0.15, 0.2) is 6.29 Å². The van der Waals surface area contributed by atoms with E-state index in [1.165, 1.54) is 12.8 Å². The minimum atomic E-state index is -0.267. The zero-order chi connectivity index (χ0) is 11.8. The van der Waals surface area contributed by atoms with Crippen LogP contribution in [-0.2, 0) is 14.2 Å². The number of hydrogen-bond acceptors (Lipinski definition) is 4. The molecule has 0 aromatic carbocycles. The molecule has 4 nitrogen and oxygen atoms in total. The monoisotopic (exact) mass is 231 g/mol. The van der Waals surface area contributed by atoms with Gasteiger partial charge in [0.05, 0.1) is 12.1 Å². The summed E-state index contributed by atoms with van der Waals surface area (Å²) in [6.07, 6.45) is 4.39. The van der Waals surface area contributed by atoms with Crippen molar-refractivity contribution in [3.05, 3.63) is 0 Å². The van der Waals surface area contributed by atoms with Crippen molar-refractivity contribution in [1.29, 1.82) is 0 Å². The molecule has 2 atom stereocenters. The largest absolute Gasteiger partial charge is 0.378 e. The highest BCUT2D eigenvalue weighted by Gasteiger charge is 2.21. The molecule has 1 heterocycles. The topological polar surface area (TPSA) is 53.7 Å². The average Bonchev–Trinajstić information content (AvgIpc) is 2.78. The molecular formula is C12H25NO3. The maximum Gasteiger partial charge on any atom is 0.172 e. The minimum absolute atomic E-state index is 0.0518. The van der Waals surface area contributed by atoms with Gasteiger partial charge in [-0.2, -0.15) is 0 Å². The molecule has 0 aliphatic carbocycles. The van der Waals surface area contributed by atoms with E-state index in [9.17, 15) is 0 Å². The first-order chi connectivity index (χ1) is 7.77. The van der Waals surface area contributed by atoms with E-state index in [1.54, 1.807) is 0 Å². The zero-order valence-corrected chi connectivity index (χ0v) is 10.5. The molecule has 2 unspecified atom stereocenters. The molecule has 1 rings (SSSR count). The van der Waals surface area contributed by atoms with E-state index in [0.717, 1.165) is 19.4 Å². The van der Waals surface area contributed by atoms with Crippen LogP contribution in [0, 0.1) is 0 Å². The Morgan fingerprint density at radius 1 is 1.31 bits per heavy atom. The van der Waals surface area contributed by atoms with Crippen molar-refractivity contribution >= 4 is 0 Å². The molecule has 1 aliphatic heterocycles. The molecule has 96 valence electrons. The van der Waals surface area contributed by atoms with Gasteiger partial charge in [-0.15, -0.1) is 0 Å². The van der Waals surface area contributed by atoms with Crippen molar-refractivity contribution in [2.24, 2.45) is 5.73 Å². The lowest BCUT2D eigenvalue weighted by molar-refractivity contribution is -0.150. The second-order valence-electron chi connectivity index (χ2n) is 4.16. The van der Waals surface area contributed by atoms with E-state index < -0.39 is 0 Å². The Labute approximate surface area is 98.4 Å². The molecule has 16 heavy (non-hydrogen) atoms. The van der Waals surface area contributed by atoms with E-state index >= 15 is 0 Å². The highest BCUT2D eigenvalue weighted by atomic mass is 16.7. The summed E-state index contributed by atoms with van der Waals surface area (Å²) in [6, 6.07) is -0.0518. The van der Waals surface area contributed by atoms with Crippen LogP contribution in [0.25, 0.3) is 0 Å². The maximum absolute atomic E-state index is 6.06. The van der Waals surface area contributed by atoms with Crippen molar-refractivity contribution in [2.75, 3.05) is 19.8 Å². The normalized spacial score (nSPS) is 22.9. The fraction of sp³-hybridized carbons (Fsp3) is 1.00. The van der Waals surface area contributed by atoms with Gasteiger partial charge in [-0.05, 0) is 39.5 Å². The van der Waals surface area contributed by atoms with Crippen LogP contribution in [0.1, 0.15) is 39.5 Å². The number of hydrogen-bond donors (Lipinski definition) is 1. The first kappa shape index (κ1) is 13.9. The van der Waals surface area contributed by atoms with Crippen LogP contribution >= 0.6 is 0 Å². The molecule has 0 aromatic rings. The summed E-state index contributed by atoms with van der Waals surface area (Å²) in [7, 11) is 0. The van der Waals surface area contributed by atoms with E-state index in [1.807, 2.05) is 13.8 Å². The van der Waals surface area contributed by atoms with Gasteiger partial charge in [-0.3, -0.25) is 0 Å². The molecule has 0 aromatic heterocycles. The van der Waals surface area contributed by atoms with Crippen molar-refractivity contribution in [3.8, 4) is 0 Å². The third-order valence-electron chi connectivity index (χ3n) is 2.86. The van der Waals surface area contributed by atoms with Crippen LogP contribution in [-0.4, -0.2) is 38.3 Å². The summed E-state index contributed by atoms with van der Waals surface area (Å²) in [5, 5.41) is 0. The maximum atomic E-state index is 6.06. The fourth-order valence-corrected chi connectivity index (χ4v) is 2.01. The first-order valence-corrected chi connectivity index (χ1v) is 6.38. The van der Waals surface area contributed by atoms with Gasteiger partial charge >= 0.3 is 0 Å². The number of nitrogens with two attached hydrogens (primary N) is 1. The zero-order valence-electron chi connectivity index (χ0n) is 10.5. The molecule has 0 saturated carbocycles. The van der Waals surface area contributed by atoms with Gasteiger partial charge < -0.3 is 19.9 Å². The molecular weight excluding hydrogens is 206 g/mol. The van der Waals surface area contributed by atoms with E-state index in [-0.39, 0.29) is 12.3 Å². The third kappa shape index (κ3) is 4.78. The summed E-state index contributed by atoms with van der Waals surface area (Å²) >= 11 is 0. The Kier molecular flexibility index (Phi) is 6.96. The molecule has 0 spiro atoms. The van der Waals surface area contributed by atoms with E-state index in [4.69, 9.17) is 19.9 Å². The van der Waals surface area contributed by atoms with Gasteiger partial charge in [0.1, 0.15) is 0 Å². The third-order valence-corrected chi connectivity index (χ3v) is 2.86. The molecule has 0 bridgehead atoms. The quantitative estimate of drug-likeness (QED) is 0.646. The highest BCUT2D eigenvalue weighted by Crippen LogP contribution is 2.18. The first-order valence-electron chi connectivity index (χ1n) is 6.38. The Bertz CT molecular complexity index is 166. The van der Waals surface area contributed by atoms with Crippen molar-refractivity contribution < 1.29 is 14.2 Å². The van der Waals surface area contributed by atoms with Gasteiger partial charge in [0, 0.05) is 19.8 Å². The van der Waals surface area contributed by atoms with Crippen LogP contribution < -0.4 is 5.73 Å². The molecule has 1 aliphatic rings. The van der Waals surface area contributed by atoms with E-state index in [2.05, 4.69) is 0 Å². The van der Waals surface area contributed by atoms with Gasteiger partial charge in [-0.1, -0.05) is 0 Å². The Morgan fingerprint density at radius 2 is 2.00 bits per heavy atom. The Balaban J connectivity index is 2.21. The van der Waals surface area contributed by atoms with E-state index in [0.29, 0.717) is 19.3 Å². The lowest BCUT2D eigenvalue weighted by atomic mass is 10.1. The van der Waals surface area contributed by atoms with Crippen molar-refractivity contribution in [3.63, 3.8) is 0 Å². The predicted octanol–water partition coefficient (Wildman–Crippen LogP) is 1.67. The van der Waals surface area contributed by atoms with Crippen LogP contribution in [0.15, 0.2) is 0 Å². The highest BCUT2D eigenvalue weighted by molar-refractivity contribution is 4.72. The van der Waals surface area contributed by atoms with Crippen molar-refractivity contribution in [2.45, 2.75) is 58.0 Å². The van der Waals surface area contributed by atoms with Crippen LogP contribution in [0.5, 0.6) is 0 Å². The molecule has 0 amide bonds. The minimum Gasteiger partial charge on any atom is -0.378 e. The average molecular weight is 231 g/mol. The SMILES string of the molecule is CCOC(OCC)C(N)CCC1CCCO1. The Hall–Kier alpha value is -0.160. The molecule has 0 radical (unpaired) electrons. The summed E-state index contributed by atoms with van der Waals surface area (Å²) in [5.74, 6) is 0. The lowest BCUT2D eigenvalue weighted by Gasteiger charge is -2.24. The summed E-state index contributed by atoms with van der Waals surface area (Å²) in [4.78, 5) is 0. The fourth-order valence-electron chi connectivity index (χ4n) is 2.01. The molecule has 4 heteroatoms. The summed E-state index contributed by atoms with van der Waals surface area (Å²) < 4.78 is 16.5. The second-order valence-corrected chi connectivity index (χ2v) is 4.16. The molecule has 1 saturated heterocycles. The number of rotatable bonds is 8.